The Balaban J connectivity index is 1.54. The largest absolute Gasteiger partial charge is 0.497 e. The monoisotopic (exact) mass is 501 g/mol. The summed E-state index contributed by atoms with van der Waals surface area (Å²) in [5.41, 5.74) is 2.42. The average molecular weight is 502 g/mol. The number of carbonyl (C=O) groups excluding carboxylic acids is 1. The van der Waals surface area contributed by atoms with Crippen molar-refractivity contribution in [3.63, 3.8) is 0 Å². The summed E-state index contributed by atoms with van der Waals surface area (Å²) < 4.78 is 27.8. The van der Waals surface area contributed by atoms with Crippen LogP contribution in [0.1, 0.15) is 27.5 Å². The van der Waals surface area contributed by atoms with Crippen molar-refractivity contribution in [1.29, 1.82) is 0 Å². The molecule has 0 aliphatic carbocycles. The molecule has 0 bridgehead atoms. The zero-order valence-corrected chi connectivity index (χ0v) is 20.9. The van der Waals surface area contributed by atoms with Gasteiger partial charge < -0.3 is 28.3 Å². The van der Waals surface area contributed by atoms with Crippen LogP contribution in [-0.2, 0) is 6.42 Å². The minimum absolute atomic E-state index is 0.123. The topological polar surface area (TPSA) is 87.4 Å². The van der Waals surface area contributed by atoms with E-state index in [2.05, 4.69) is 0 Å². The van der Waals surface area contributed by atoms with Crippen molar-refractivity contribution in [3.05, 3.63) is 93.8 Å². The van der Waals surface area contributed by atoms with E-state index < -0.39 is 11.7 Å². The number of carbonyl (C=O) groups is 1. The predicted molar refractivity (Wildman–Crippen MR) is 138 cm³/mol. The van der Waals surface area contributed by atoms with Gasteiger partial charge in [-0.15, -0.1) is 0 Å². The Hall–Kier alpha value is -4.46. The number of hydrogen-bond acceptors (Lipinski definition) is 7. The van der Waals surface area contributed by atoms with Crippen LogP contribution in [-0.4, -0.2) is 45.3 Å². The number of hydrogen-bond donors (Lipinski definition) is 0. The molecular weight excluding hydrogens is 474 g/mol. The Morgan fingerprint density at radius 1 is 0.919 bits per heavy atom. The summed E-state index contributed by atoms with van der Waals surface area (Å²) in [6.07, 6.45) is 0.645. The normalized spacial score (nSPS) is 14.7. The summed E-state index contributed by atoms with van der Waals surface area (Å²) in [4.78, 5) is 27.6. The first-order valence-electron chi connectivity index (χ1n) is 11.9. The van der Waals surface area contributed by atoms with Crippen LogP contribution >= 0.6 is 0 Å². The summed E-state index contributed by atoms with van der Waals surface area (Å²) in [5.74, 6) is 2.13. The fourth-order valence-corrected chi connectivity index (χ4v) is 4.72. The quantitative estimate of drug-likeness (QED) is 0.341. The highest BCUT2D eigenvalue weighted by Gasteiger charge is 2.33. The van der Waals surface area contributed by atoms with Gasteiger partial charge in [-0.05, 0) is 66.1 Å². The third kappa shape index (κ3) is 4.70. The fourth-order valence-electron chi connectivity index (χ4n) is 4.72. The Labute approximate surface area is 213 Å². The van der Waals surface area contributed by atoms with E-state index in [1.54, 1.807) is 62.6 Å². The molecule has 8 nitrogen and oxygen atoms in total. The van der Waals surface area contributed by atoms with E-state index in [1.165, 1.54) is 6.07 Å². The molecule has 0 saturated carbocycles. The molecule has 1 aliphatic rings. The van der Waals surface area contributed by atoms with Gasteiger partial charge in [0.15, 0.2) is 11.5 Å². The number of para-hydroxylation sites is 1. The van der Waals surface area contributed by atoms with Crippen molar-refractivity contribution in [2.24, 2.45) is 0 Å². The van der Waals surface area contributed by atoms with Gasteiger partial charge in [0.2, 0.25) is 0 Å². The number of benzene rings is 3. The molecule has 4 aromatic rings. The molecule has 1 unspecified atom stereocenters. The van der Waals surface area contributed by atoms with Gasteiger partial charge in [-0.2, -0.15) is 0 Å². The molecule has 0 N–H and O–H groups in total. The summed E-state index contributed by atoms with van der Waals surface area (Å²) in [6, 6.07) is 18.9. The molecule has 3 aromatic carbocycles. The van der Waals surface area contributed by atoms with Crippen LogP contribution in [0.15, 0.2) is 75.9 Å². The van der Waals surface area contributed by atoms with Crippen LogP contribution in [0, 0.1) is 0 Å². The number of rotatable bonds is 7. The molecule has 5 rings (SSSR count). The van der Waals surface area contributed by atoms with Crippen molar-refractivity contribution in [2.45, 2.75) is 12.5 Å². The fraction of sp³-hybridized carbons (Fsp3) is 0.241. The lowest BCUT2D eigenvalue weighted by molar-refractivity contribution is 0.0590. The molecule has 37 heavy (non-hydrogen) atoms. The molecular formula is C29H27NO7. The molecule has 0 radical (unpaired) electrons. The lowest BCUT2D eigenvalue weighted by Crippen LogP contribution is -2.42. The van der Waals surface area contributed by atoms with E-state index >= 15 is 0 Å². The second-order valence-corrected chi connectivity index (χ2v) is 8.64. The predicted octanol–water partition coefficient (Wildman–Crippen LogP) is 4.64. The lowest BCUT2D eigenvalue weighted by Gasteiger charge is -2.37. The smallest absolute Gasteiger partial charge is 0.339 e. The molecule has 0 fully saturated rings. The first-order valence-corrected chi connectivity index (χ1v) is 11.9. The third-order valence-corrected chi connectivity index (χ3v) is 6.61. The molecule has 190 valence electrons. The minimum atomic E-state index is -0.504. The van der Waals surface area contributed by atoms with Gasteiger partial charge in [-0.1, -0.05) is 12.1 Å². The van der Waals surface area contributed by atoms with Gasteiger partial charge in [-0.25, -0.2) is 4.79 Å². The van der Waals surface area contributed by atoms with Crippen LogP contribution < -0.4 is 24.6 Å². The molecule has 1 aromatic heterocycles. The van der Waals surface area contributed by atoms with Crippen LogP contribution in [0.5, 0.6) is 23.0 Å². The highest BCUT2D eigenvalue weighted by atomic mass is 16.5. The maximum absolute atomic E-state index is 13.7. The Morgan fingerprint density at radius 2 is 1.65 bits per heavy atom. The number of ether oxygens (including phenoxy) is 4. The molecule has 0 spiro atoms. The van der Waals surface area contributed by atoms with Crippen LogP contribution in [0.3, 0.4) is 0 Å². The van der Waals surface area contributed by atoms with E-state index in [1.807, 2.05) is 24.3 Å². The highest BCUT2D eigenvalue weighted by molar-refractivity contribution is 5.95. The first-order chi connectivity index (χ1) is 18.0. The van der Waals surface area contributed by atoms with Crippen molar-refractivity contribution in [2.75, 3.05) is 34.5 Å². The maximum atomic E-state index is 13.7. The van der Waals surface area contributed by atoms with Gasteiger partial charge >= 0.3 is 5.63 Å². The van der Waals surface area contributed by atoms with Crippen LogP contribution in [0.25, 0.3) is 11.0 Å². The average Bonchev–Trinajstić information content (AvgIpc) is 2.94. The number of amides is 1. The standard InChI is InChI=1S/C29H27NO7/c1-33-20-10-8-18(9-11-20)29(32)30-13-12-19-14-26(34-2)27(35-3)15-22(19)23(30)17-36-25-16-28(31)37-24-7-5-4-6-21(24)25/h4-11,14-16,23H,12-13,17H2,1-3H3. The summed E-state index contributed by atoms with van der Waals surface area (Å²) >= 11 is 0. The number of nitrogens with zero attached hydrogens (tertiary/aromatic N) is 1. The van der Waals surface area contributed by atoms with Crippen LogP contribution in [0.2, 0.25) is 0 Å². The van der Waals surface area contributed by atoms with Crippen molar-refractivity contribution in [3.8, 4) is 23.0 Å². The molecule has 8 heteroatoms. The van der Waals surface area contributed by atoms with E-state index in [0.29, 0.717) is 52.5 Å². The molecule has 1 aliphatic heterocycles. The Bertz CT molecular complexity index is 1490. The highest BCUT2D eigenvalue weighted by Crippen LogP contribution is 2.39. The maximum Gasteiger partial charge on any atom is 0.339 e. The van der Waals surface area contributed by atoms with Gasteiger partial charge in [0, 0.05) is 12.1 Å². The molecule has 2 heterocycles. The first kappa shape index (κ1) is 24.2. The SMILES string of the molecule is COc1ccc(C(=O)N2CCc3cc(OC)c(OC)cc3C2COc2cc(=O)oc3ccccc23)cc1. The summed E-state index contributed by atoms with van der Waals surface area (Å²) in [5, 5.41) is 0.679. The minimum Gasteiger partial charge on any atom is -0.497 e. The van der Waals surface area contributed by atoms with Gasteiger partial charge in [0.25, 0.3) is 5.91 Å². The summed E-state index contributed by atoms with van der Waals surface area (Å²) in [7, 11) is 4.76. The second-order valence-electron chi connectivity index (χ2n) is 8.64. The number of methoxy groups -OCH3 is 3. The van der Waals surface area contributed by atoms with Gasteiger partial charge in [-0.3, -0.25) is 4.79 Å². The van der Waals surface area contributed by atoms with Crippen LogP contribution in [0.4, 0.5) is 0 Å². The van der Waals surface area contributed by atoms with E-state index in [4.69, 9.17) is 23.4 Å². The Kier molecular flexibility index (Phi) is 6.72. The van der Waals surface area contributed by atoms with E-state index in [-0.39, 0.29) is 12.5 Å². The molecule has 1 amide bonds. The third-order valence-electron chi connectivity index (χ3n) is 6.61. The van der Waals surface area contributed by atoms with Gasteiger partial charge in [0.05, 0.1) is 38.8 Å². The van der Waals surface area contributed by atoms with E-state index in [9.17, 15) is 9.59 Å². The Morgan fingerprint density at radius 3 is 2.38 bits per heavy atom. The second kappa shape index (κ2) is 10.3. The van der Waals surface area contributed by atoms with Crippen molar-refractivity contribution in [1.82, 2.24) is 4.90 Å². The van der Waals surface area contributed by atoms with Crippen molar-refractivity contribution >= 4 is 16.9 Å². The zero-order valence-electron chi connectivity index (χ0n) is 20.9. The van der Waals surface area contributed by atoms with E-state index in [0.717, 1.165) is 11.1 Å². The molecule has 0 saturated heterocycles. The lowest BCUT2D eigenvalue weighted by atomic mass is 9.91. The number of fused-ring (bicyclic) bond motifs is 2. The zero-order chi connectivity index (χ0) is 25.9. The molecule has 1 atom stereocenters. The summed E-state index contributed by atoms with van der Waals surface area (Å²) in [6.45, 7) is 0.608. The van der Waals surface area contributed by atoms with Crippen molar-refractivity contribution < 1.29 is 28.2 Å². The van der Waals surface area contributed by atoms with Gasteiger partial charge in [0.1, 0.15) is 23.7 Å².